The van der Waals surface area contributed by atoms with Crippen LogP contribution in [0, 0.1) is 0 Å². The second kappa shape index (κ2) is 6.72. The van der Waals surface area contributed by atoms with Crippen molar-refractivity contribution in [3.8, 4) is 0 Å². The van der Waals surface area contributed by atoms with Gasteiger partial charge in [-0.15, -0.1) is 0 Å². The quantitative estimate of drug-likeness (QED) is 0.315. The summed E-state index contributed by atoms with van der Waals surface area (Å²) in [5.74, 6) is 0.0665. The molecule has 0 atom stereocenters. The van der Waals surface area contributed by atoms with E-state index in [1.54, 1.807) is 0 Å². The zero-order chi connectivity index (χ0) is 9.40. The normalized spacial score (nSPS) is 8.75. The molecule has 0 saturated heterocycles. The van der Waals surface area contributed by atoms with Gasteiger partial charge in [-0.3, -0.25) is 9.59 Å². The van der Waals surface area contributed by atoms with Crippen molar-refractivity contribution in [2.45, 2.75) is 6.42 Å². The molecule has 2 amide bonds. The van der Waals surface area contributed by atoms with Crippen LogP contribution in [0.25, 0.3) is 0 Å². The molecule has 0 unspecified atom stereocenters. The van der Waals surface area contributed by atoms with Crippen LogP contribution >= 0.6 is 12.6 Å². The van der Waals surface area contributed by atoms with Gasteiger partial charge in [0.05, 0.1) is 6.67 Å². The molecule has 12 heavy (non-hydrogen) atoms. The van der Waals surface area contributed by atoms with E-state index in [0.717, 1.165) is 6.08 Å². The predicted octanol–water partition coefficient (Wildman–Crippen LogP) is -0.318. The van der Waals surface area contributed by atoms with Crippen molar-refractivity contribution >= 4 is 24.4 Å². The summed E-state index contributed by atoms with van der Waals surface area (Å²) in [5, 5.41) is 4.89. The number of hydrogen-bond acceptors (Lipinski definition) is 3. The van der Waals surface area contributed by atoms with E-state index in [2.05, 4.69) is 29.8 Å². The second-order valence-corrected chi connectivity index (χ2v) is 2.44. The average molecular weight is 188 g/mol. The van der Waals surface area contributed by atoms with Crippen LogP contribution in [0.1, 0.15) is 6.42 Å². The number of thiol groups is 1. The Labute approximate surface area is 76.8 Å². The molecule has 0 bridgehead atoms. The zero-order valence-corrected chi connectivity index (χ0v) is 7.56. The Kier molecular flexibility index (Phi) is 6.18. The molecule has 0 spiro atoms. The first-order valence-electron chi connectivity index (χ1n) is 3.48. The molecule has 4 nitrogen and oxygen atoms in total. The van der Waals surface area contributed by atoms with Gasteiger partial charge in [0.1, 0.15) is 0 Å². The zero-order valence-electron chi connectivity index (χ0n) is 6.67. The van der Waals surface area contributed by atoms with Crippen molar-refractivity contribution in [3.63, 3.8) is 0 Å². The smallest absolute Gasteiger partial charge is 0.244 e. The first kappa shape index (κ1) is 11.0. The van der Waals surface area contributed by atoms with Gasteiger partial charge in [0.25, 0.3) is 0 Å². The van der Waals surface area contributed by atoms with E-state index in [0.29, 0.717) is 12.2 Å². The number of nitrogens with one attached hydrogen (secondary N) is 2. The molecule has 0 saturated carbocycles. The van der Waals surface area contributed by atoms with Gasteiger partial charge in [0.2, 0.25) is 11.8 Å². The maximum Gasteiger partial charge on any atom is 0.244 e. The molecule has 0 aromatic rings. The SMILES string of the molecule is C=CC(=O)NCNC(=O)CCS. The van der Waals surface area contributed by atoms with E-state index in [-0.39, 0.29) is 18.5 Å². The minimum Gasteiger partial charge on any atom is -0.339 e. The highest BCUT2D eigenvalue weighted by Gasteiger charge is 1.97. The highest BCUT2D eigenvalue weighted by molar-refractivity contribution is 7.80. The third kappa shape index (κ3) is 5.79. The minimum atomic E-state index is -0.304. The highest BCUT2D eigenvalue weighted by atomic mass is 32.1. The first-order valence-corrected chi connectivity index (χ1v) is 4.11. The maximum atomic E-state index is 10.8. The van der Waals surface area contributed by atoms with Gasteiger partial charge in [-0.05, 0) is 11.8 Å². The molecule has 0 rings (SSSR count). The van der Waals surface area contributed by atoms with Gasteiger partial charge in [0.15, 0.2) is 0 Å². The molecule has 0 fully saturated rings. The second-order valence-electron chi connectivity index (χ2n) is 2.00. The standard InChI is InChI=1S/C7H12N2O2S/c1-2-6(10)8-5-9-7(11)3-4-12/h2,12H,1,3-5H2,(H,8,10)(H,9,11). The van der Waals surface area contributed by atoms with Crippen LogP contribution in [0.3, 0.4) is 0 Å². The molecule has 0 heterocycles. The predicted molar refractivity (Wildman–Crippen MR) is 49.8 cm³/mol. The van der Waals surface area contributed by atoms with Crippen LogP contribution in [0.15, 0.2) is 12.7 Å². The summed E-state index contributed by atoms with van der Waals surface area (Å²) in [6.07, 6.45) is 1.50. The van der Waals surface area contributed by atoms with Gasteiger partial charge >= 0.3 is 0 Å². The summed E-state index contributed by atoms with van der Waals surface area (Å²) in [6.45, 7) is 3.39. The molecular formula is C7H12N2O2S. The fourth-order valence-corrected chi connectivity index (χ4v) is 0.695. The van der Waals surface area contributed by atoms with Crippen molar-refractivity contribution in [2.24, 2.45) is 0 Å². The Morgan fingerprint density at radius 3 is 2.58 bits per heavy atom. The molecule has 0 aliphatic heterocycles. The minimum absolute atomic E-state index is 0.130. The highest BCUT2D eigenvalue weighted by Crippen LogP contribution is 1.81. The third-order valence-electron chi connectivity index (χ3n) is 1.07. The summed E-state index contributed by atoms with van der Waals surface area (Å²) in [7, 11) is 0. The van der Waals surface area contributed by atoms with E-state index < -0.39 is 0 Å². The molecule has 2 N–H and O–H groups in total. The van der Waals surface area contributed by atoms with Crippen molar-refractivity contribution in [2.75, 3.05) is 12.4 Å². The number of rotatable bonds is 5. The summed E-state index contributed by atoms with van der Waals surface area (Å²) in [5.41, 5.74) is 0. The molecule has 5 heteroatoms. The number of carbonyl (C=O) groups excluding carboxylic acids is 2. The Balaban J connectivity index is 3.36. The van der Waals surface area contributed by atoms with Gasteiger partial charge in [0, 0.05) is 6.42 Å². The van der Waals surface area contributed by atoms with Crippen molar-refractivity contribution in [1.29, 1.82) is 0 Å². The molecule has 0 radical (unpaired) electrons. The van der Waals surface area contributed by atoms with Gasteiger partial charge in [-0.25, -0.2) is 0 Å². The van der Waals surface area contributed by atoms with E-state index in [9.17, 15) is 9.59 Å². The van der Waals surface area contributed by atoms with Crippen LogP contribution in [0.4, 0.5) is 0 Å². The fraction of sp³-hybridized carbons (Fsp3) is 0.429. The van der Waals surface area contributed by atoms with Gasteiger partial charge in [-0.1, -0.05) is 6.58 Å². The monoisotopic (exact) mass is 188 g/mol. The van der Waals surface area contributed by atoms with Crippen LogP contribution in [-0.2, 0) is 9.59 Å². The van der Waals surface area contributed by atoms with Crippen LogP contribution in [0.5, 0.6) is 0 Å². The number of carbonyl (C=O) groups is 2. The first-order chi connectivity index (χ1) is 5.70. The molecular weight excluding hydrogens is 176 g/mol. The van der Waals surface area contributed by atoms with E-state index >= 15 is 0 Å². The summed E-state index contributed by atoms with van der Waals surface area (Å²) in [6, 6.07) is 0. The third-order valence-corrected chi connectivity index (χ3v) is 1.30. The van der Waals surface area contributed by atoms with Crippen LogP contribution < -0.4 is 10.6 Å². The lowest BCUT2D eigenvalue weighted by atomic mass is 10.4. The largest absolute Gasteiger partial charge is 0.339 e. The van der Waals surface area contributed by atoms with E-state index in [1.807, 2.05) is 0 Å². The van der Waals surface area contributed by atoms with Gasteiger partial charge in [-0.2, -0.15) is 12.6 Å². The molecule has 0 aliphatic carbocycles. The van der Waals surface area contributed by atoms with E-state index in [1.165, 1.54) is 0 Å². The van der Waals surface area contributed by atoms with Crippen molar-refractivity contribution < 1.29 is 9.59 Å². The Bertz CT molecular complexity index is 182. The summed E-state index contributed by atoms with van der Waals surface area (Å²) in [4.78, 5) is 21.3. The molecule has 0 aliphatic rings. The van der Waals surface area contributed by atoms with E-state index in [4.69, 9.17) is 0 Å². The van der Waals surface area contributed by atoms with Crippen LogP contribution in [-0.4, -0.2) is 24.2 Å². The molecule has 0 aromatic carbocycles. The van der Waals surface area contributed by atoms with Gasteiger partial charge < -0.3 is 10.6 Å². The molecule has 68 valence electrons. The van der Waals surface area contributed by atoms with Crippen molar-refractivity contribution in [3.05, 3.63) is 12.7 Å². The maximum absolute atomic E-state index is 10.8. The Morgan fingerprint density at radius 2 is 2.08 bits per heavy atom. The summed E-state index contributed by atoms with van der Waals surface area (Å²) >= 11 is 3.88. The lowest BCUT2D eigenvalue weighted by Crippen LogP contribution is -2.36. The Morgan fingerprint density at radius 1 is 1.42 bits per heavy atom. The van der Waals surface area contributed by atoms with Crippen molar-refractivity contribution in [1.82, 2.24) is 10.6 Å². The molecule has 0 aromatic heterocycles. The number of hydrogen-bond donors (Lipinski definition) is 3. The lowest BCUT2D eigenvalue weighted by molar-refractivity contribution is -0.121. The fourth-order valence-electron chi connectivity index (χ4n) is 0.492. The average Bonchev–Trinajstić information content (AvgIpc) is 2.04. The Hall–Kier alpha value is -0.970. The van der Waals surface area contributed by atoms with Crippen LogP contribution in [0.2, 0.25) is 0 Å². The summed E-state index contributed by atoms with van der Waals surface area (Å²) < 4.78 is 0. The lowest BCUT2D eigenvalue weighted by Gasteiger charge is -2.03. The topological polar surface area (TPSA) is 58.2 Å². The number of amides is 2.